The van der Waals surface area contributed by atoms with E-state index in [0.29, 0.717) is 18.0 Å². The van der Waals surface area contributed by atoms with Crippen LogP contribution in [0.5, 0.6) is 0 Å². The summed E-state index contributed by atoms with van der Waals surface area (Å²) in [7, 11) is 0. The van der Waals surface area contributed by atoms with Crippen LogP contribution >= 0.6 is 0 Å². The summed E-state index contributed by atoms with van der Waals surface area (Å²) >= 11 is 0.890. The molecule has 0 atom stereocenters. The quantitative estimate of drug-likeness (QED) is 0.432. The van der Waals surface area contributed by atoms with Crippen molar-refractivity contribution in [3.8, 4) is 0 Å². The predicted octanol–water partition coefficient (Wildman–Crippen LogP) is 0.603. The molecule has 14 heavy (non-hydrogen) atoms. The van der Waals surface area contributed by atoms with Gasteiger partial charge in [-0.1, -0.05) is 0 Å². The standard InChI is InChI=1S/C9H10NO3.Pb/c1-3-13-9(12)8-5-4-7(6-11)10(8)2;/h4-6H,2-3H2,1H3;. The fraction of sp³-hybridized carbons (Fsp3) is 0.333. The Balaban J connectivity index is 3.02. The van der Waals surface area contributed by atoms with Gasteiger partial charge in [-0.2, -0.15) is 0 Å². The number of carbonyl (C=O) groups excluding carboxylic acids is 2. The SMILES string of the molecule is CCOC(=O)c1ccc(C=O)n1[CH2][Pb]. The molecule has 0 saturated heterocycles. The molecule has 4 nitrogen and oxygen atoms in total. The number of ether oxygens (including phenoxy) is 1. The van der Waals surface area contributed by atoms with E-state index in [0.717, 1.165) is 36.2 Å². The summed E-state index contributed by atoms with van der Waals surface area (Å²) < 4.78 is 7.28. The van der Waals surface area contributed by atoms with E-state index in [1.54, 1.807) is 23.6 Å². The van der Waals surface area contributed by atoms with E-state index in [-0.39, 0.29) is 5.97 Å². The van der Waals surface area contributed by atoms with E-state index in [9.17, 15) is 9.59 Å². The fourth-order valence-corrected chi connectivity index (χ4v) is 2.52. The summed E-state index contributed by atoms with van der Waals surface area (Å²) in [6, 6.07) is 3.26. The Morgan fingerprint density at radius 2 is 2.36 bits per heavy atom. The fourth-order valence-electron chi connectivity index (χ4n) is 1.15. The molecule has 1 aromatic heterocycles. The Hall–Kier alpha value is -0.658. The number of aldehydes is 1. The van der Waals surface area contributed by atoms with Gasteiger partial charge in [-0.15, -0.1) is 0 Å². The predicted molar refractivity (Wildman–Crippen MR) is 51.5 cm³/mol. The van der Waals surface area contributed by atoms with E-state index in [1.165, 1.54) is 0 Å². The van der Waals surface area contributed by atoms with Crippen molar-refractivity contribution >= 4 is 38.0 Å². The number of esters is 1. The average Bonchev–Trinajstić information content (AvgIpc) is 2.60. The summed E-state index contributed by atoms with van der Waals surface area (Å²) in [5.74, 6) is -0.364. The van der Waals surface area contributed by atoms with Crippen LogP contribution < -0.4 is 0 Å². The summed E-state index contributed by atoms with van der Waals surface area (Å²) in [6.45, 7) is 2.11. The van der Waals surface area contributed by atoms with Gasteiger partial charge in [0.1, 0.15) is 0 Å². The number of rotatable bonds is 4. The van der Waals surface area contributed by atoms with Crippen molar-refractivity contribution in [2.45, 2.75) is 11.0 Å². The topological polar surface area (TPSA) is 48.3 Å². The van der Waals surface area contributed by atoms with Crippen LogP contribution in [0.2, 0.25) is 0 Å². The number of aromatic nitrogens is 1. The van der Waals surface area contributed by atoms with Crippen LogP contribution in [-0.4, -0.2) is 49.2 Å². The van der Waals surface area contributed by atoms with Crippen molar-refractivity contribution in [1.29, 1.82) is 0 Å². The van der Waals surface area contributed by atoms with Crippen LogP contribution in [0.4, 0.5) is 0 Å². The third-order valence-electron chi connectivity index (χ3n) is 1.78. The summed E-state index contributed by atoms with van der Waals surface area (Å²) in [5.41, 5.74) is 0.993. The summed E-state index contributed by atoms with van der Waals surface area (Å²) in [5, 5.41) is 0. The van der Waals surface area contributed by atoms with Gasteiger partial charge in [0.25, 0.3) is 0 Å². The maximum absolute atomic E-state index is 11.4. The molecule has 0 unspecified atom stereocenters. The molecule has 73 valence electrons. The van der Waals surface area contributed by atoms with Crippen LogP contribution in [0.3, 0.4) is 0 Å². The van der Waals surface area contributed by atoms with Crippen LogP contribution in [-0.2, 0) is 8.84 Å². The first-order chi connectivity index (χ1) is 6.74. The van der Waals surface area contributed by atoms with Gasteiger partial charge in [-0.05, 0) is 0 Å². The molecule has 0 N–H and O–H groups in total. The second-order valence-electron chi connectivity index (χ2n) is 2.57. The molecular weight excluding hydrogens is 377 g/mol. The molecule has 0 spiro atoms. The van der Waals surface area contributed by atoms with Gasteiger partial charge < -0.3 is 0 Å². The van der Waals surface area contributed by atoms with E-state index in [4.69, 9.17) is 4.74 Å². The molecule has 1 rings (SSSR count). The third-order valence-corrected chi connectivity index (χ3v) is 3.01. The Kier molecular flexibility index (Phi) is 4.31. The summed E-state index contributed by atoms with van der Waals surface area (Å²) in [6.07, 6.45) is 0.751. The summed E-state index contributed by atoms with van der Waals surface area (Å²) in [4.78, 5) is 22.0. The number of hydrogen-bond donors (Lipinski definition) is 0. The normalized spacial score (nSPS) is 9.86. The van der Waals surface area contributed by atoms with E-state index in [1.807, 2.05) is 0 Å². The monoisotopic (exact) mass is 388 g/mol. The first-order valence-corrected chi connectivity index (χ1v) is 6.95. The minimum absolute atomic E-state index is 0.349. The Labute approximate surface area is 97.9 Å². The Bertz CT molecular complexity index is 346. The van der Waals surface area contributed by atoms with Gasteiger partial charge in [-0.25, -0.2) is 0 Å². The molecule has 1 aromatic rings. The van der Waals surface area contributed by atoms with Gasteiger partial charge in [0, 0.05) is 0 Å². The second-order valence-corrected chi connectivity index (χ2v) is 3.80. The molecule has 0 aliphatic rings. The number of carbonyl (C=O) groups is 2. The van der Waals surface area contributed by atoms with Gasteiger partial charge in [0.05, 0.1) is 0 Å². The number of nitrogens with zero attached hydrogens (tertiary/aromatic N) is 1. The van der Waals surface area contributed by atoms with Crippen LogP contribution in [0.1, 0.15) is 27.9 Å². The molecule has 0 fully saturated rings. The zero-order chi connectivity index (χ0) is 10.6. The van der Waals surface area contributed by atoms with Crippen molar-refractivity contribution < 1.29 is 14.3 Å². The first kappa shape index (κ1) is 11.4. The Morgan fingerprint density at radius 3 is 2.86 bits per heavy atom. The van der Waals surface area contributed by atoms with Crippen molar-refractivity contribution in [3.63, 3.8) is 0 Å². The maximum atomic E-state index is 11.4. The van der Waals surface area contributed by atoms with Crippen molar-refractivity contribution in [2.75, 3.05) is 6.61 Å². The van der Waals surface area contributed by atoms with Crippen LogP contribution in [0.25, 0.3) is 0 Å². The van der Waals surface area contributed by atoms with Gasteiger partial charge in [0.2, 0.25) is 0 Å². The van der Waals surface area contributed by atoms with E-state index >= 15 is 0 Å². The molecule has 0 aliphatic heterocycles. The third kappa shape index (κ3) is 2.23. The molecule has 3 radical (unpaired) electrons. The van der Waals surface area contributed by atoms with Gasteiger partial charge >= 0.3 is 98.1 Å². The van der Waals surface area contributed by atoms with Crippen molar-refractivity contribution in [3.05, 3.63) is 23.5 Å². The van der Waals surface area contributed by atoms with Crippen molar-refractivity contribution in [2.24, 2.45) is 0 Å². The van der Waals surface area contributed by atoms with E-state index < -0.39 is 0 Å². The molecular formula is C9H10NO3Pb. The van der Waals surface area contributed by atoms with Gasteiger partial charge in [0.15, 0.2) is 0 Å². The minimum atomic E-state index is -0.364. The van der Waals surface area contributed by atoms with E-state index in [2.05, 4.69) is 0 Å². The molecule has 0 bridgehead atoms. The van der Waals surface area contributed by atoms with Crippen molar-refractivity contribution in [1.82, 2.24) is 4.57 Å². The first-order valence-electron chi connectivity index (χ1n) is 4.21. The zero-order valence-corrected chi connectivity index (χ0v) is 11.7. The molecule has 0 aromatic carbocycles. The Morgan fingerprint density at radius 1 is 1.64 bits per heavy atom. The average molecular weight is 387 g/mol. The van der Waals surface area contributed by atoms with Crippen LogP contribution in [0.15, 0.2) is 12.1 Å². The number of hydrogen-bond acceptors (Lipinski definition) is 3. The molecule has 0 amide bonds. The molecule has 0 saturated carbocycles. The molecule has 0 aliphatic carbocycles. The van der Waals surface area contributed by atoms with Gasteiger partial charge in [-0.3, -0.25) is 0 Å². The van der Waals surface area contributed by atoms with Crippen LogP contribution in [0, 0.1) is 0 Å². The molecule has 5 heteroatoms. The molecule has 1 heterocycles. The second kappa shape index (κ2) is 5.28. The zero-order valence-electron chi connectivity index (χ0n) is 7.82.